The van der Waals surface area contributed by atoms with Crippen LogP contribution in [0.5, 0.6) is 0 Å². The van der Waals surface area contributed by atoms with Gasteiger partial charge in [0.15, 0.2) is 0 Å². The molecule has 0 aromatic heterocycles. The molecule has 4 nitrogen and oxygen atoms in total. The van der Waals surface area contributed by atoms with E-state index in [9.17, 15) is 15.0 Å². The minimum Gasteiger partial charge on any atom is -0.394 e. The second kappa shape index (κ2) is 36.6. The molecule has 2 atom stereocenters. The lowest BCUT2D eigenvalue weighted by Gasteiger charge is -2.22. The maximum Gasteiger partial charge on any atom is 0.220 e. The van der Waals surface area contributed by atoms with Crippen LogP contribution in [0, 0.1) is 0 Å². The predicted molar refractivity (Wildman–Crippen MR) is 193 cm³/mol. The van der Waals surface area contributed by atoms with Crippen molar-refractivity contribution in [1.29, 1.82) is 0 Å². The molecular weight excluding hydrogens is 542 g/mol. The van der Waals surface area contributed by atoms with Crippen LogP contribution in [0.25, 0.3) is 0 Å². The minimum absolute atomic E-state index is 0.0402. The summed E-state index contributed by atoms with van der Waals surface area (Å²) < 4.78 is 0. The Balaban J connectivity index is 3.44. The summed E-state index contributed by atoms with van der Waals surface area (Å²) in [6.45, 7) is 4.31. The lowest BCUT2D eigenvalue weighted by molar-refractivity contribution is -0.123. The van der Waals surface area contributed by atoms with Crippen LogP contribution in [0.3, 0.4) is 0 Å². The number of unbranched alkanes of at least 4 members (excludes halogenated alkanes) is 27. The summed E-state index contributed by atoms with van der Waals surface area (Å²) in [5.74, 6) is -0.0402. The molecule has 3 N–H and O–H groups in total. The monoisotopic (exact) mass is 622 g/mol. The number of hydrogen-bond donors (Lipinski definition) is 3. The first-order valence-corrected chi connectivity index (χ1v) is 19.9. The maximum absolute atomic E-state index is 12.3. The molecule has 262 valence electrons. The van der Waals surface area contributed by atoms with Crippen LogP contribution in [0.4, 0.5) is 0 Å². The SMILES string of the molecule is CCCCC/C=C/CCCC[C@@H](O)[C@H](CO)NC(=O)CCCCCCCCCCCCCCCCCCCCCCCCC. The molecule has 0 heterocycles. The van der Waals surface area contributed by atoms with Gasteiger partial charge in [-0.3, -0.25) is 4.79 Å². The molecule has 0 saturated heterocycles. The molecule has 0 fully saturated rings. The fraction of sp³-hybridized carbons (Fsp3) is 0.925. The molecular formula is C40H79NO3. The summed E-state index contributed by atoms with van der Waals surface area (Å²) in [6.07, 6.45) is 44.4. The summed E-state index contributed by atoms with van der Waals surface area (Å²) >= 11 is 0. The number of aliphatic hydroxyl groups is 2. The Morgan fingerprint density at radius 1 is 0.523 bits per heavy atom. The third-order valence-electron chi connectivity index (χ3n) is 9.28. The third kappa shape index (κ3) is 32.5. The third-order valence-corrected chi connectivity index (χ3v) is 9.28. The highest BCUT2D eigenvalue weighted by atomic mass is 16.3. The van der Waals surface area contributed by atoms with E-state index in [1.807, 2.05) is 0 Å². The van der Waals surface area contributed by atoms with Crippen LogP contribution in [0.2, 0.25) is 0 Å². The van der Waals surface area contributed by atoms with E-state index >= 15 is 0 Å². The van der Waals surface area contributed by atoms with Crippen molar-refractivity contribution in [2.45, 2.75) is 231 Å². The van der Waals surface area contributed by atoms with Gasteiger partial charge >= 0.3 is 0 Å². The summed E-state index contributed by atoms with van der Waals surface area (Å²) in [4.78, 5) is 12.3. The first kappa shape index (κ1) is 43.1. The Bertz CT molecular complexity index is 593. The summed E-state index contributed by atoms with van der Waals surface area (Å²) in [5, 5.41) is 22.9. The Morgan fingerprint density at radius 2 is 0.864 bits per heavy atom. The number of allylic oxidation sites excluding steroid dienone is 2. The van der Waals surface area contributed by atoms with Crippen LogP contribution < -0.4 is 5.32 Å². The lowest BCUT2D eigenvalue weighted by atomic mass is 10.0. The van der Waals surface area contributed by atoms with Crippen molar-refractivity contribution in [3.8, 4) is 0 Å². The van der Waals surface area contributed by atoms with Crippen molar-refractivity contribution in [1.82, 2.24) is 5.32 Å². The van der Waals surface area contributed by atoms with Gasteiger partial charge in [-0.05, 0) is 38.5 Å². The molecule has 0 aliphatic heterocycles. The first-order valence-electron chi connectivity index (χ1n) is 19.9. The van der Waals surface area contributed by atoms with Crippen molar-refractivity contribution in [2.75, 3.05) is 6.61 Å². The summed E-state index contributed by atoms with van der Waals surface area (Å²) in [5.41, 5.74) is 0. The number of aliphatic hydroxyl groups excluding tert-OH is 2. The van der Waals surface area contributed by atoms with Crippen LogP contribution in [-0.4, -0.2) is 34.9 Å². The number of carbonyl (C=O) groups excluding carboxylic acids is 1. The molecule has 0 unspecified atom stereocenters. The van der Waals surface area contributed by atoms with E-state index in [1.54, 1.807) is 0 Å². The highest BCUT2D eigenvalue weighted by molar-refractivity contribution is 5.76. The molecule has 44 heavy (non-hydrogen) atoms. The zero-order valence-electron chi connectivity index (χ0n) is 29.9. The average molecular weight is 622 g/mol. The normalized spacial score (nSPS) is 13.1. The van der Waals surface area contributed by atoms with Gasteiger partial charge in [0.1, 0.15) is 0 Å². The molecule has 1 amide bonds. The molecule has 0 aromatic carbocycles. The number of hydrogen-bond acceptors (Lipinski definition) is 3. The smallest absolute Gasteiger partial charge is 0.220 e. The van der Waals surface area contributed by atoms with E-state index in [1.165, 1.54) is 154 Å². The highest BCUT2D eigenvalue weighted by Gasteiger charge is 2.19. The number of rotatable bonds is 36. The second-order valence-electron chi connectivity index (χ2n) is 13.7. The van der Waals surface area contributed by atoms with Gasteiger partial charge in [0.05, 0.1) is 18.8 Å². The molecule has 0 radical (unpaired) electrons. The van der Waals surface area contributed by atoms with E-state index in [0.29, 0.717) is 12.8 Å². The largest absolute Gasteiger partial charge is 0.394 e. The zero-order valence-corrected chi connectivity index (χ0v) is 29.9. The fourth-order valence-corrected chi connectivity index (χ4v) is 6.18. The predicted octanol–water partition coefficient (Wildman–Crippen LogP) is 11.9. The number of amides is 1. The van der Waals surface area contributed by atoms with Gasteiger partial charge in [-0.1, -0.05) is 187 Å². The minimum atomic E-state index is -0.674. The Kier molecular flexibility index (Phi) is 35.9. The molecule has 0 bridgehead atoms. The van der Waals surface area contributed by atoms with Crippen molar-refractivity contribution >= 4 is 5.91 Å². The van der Waals surface area contributed by atoms with Gasteiger partial charge in [-0.15, -0.1) is 0 Å². The Labute approximate surface area is 276 Å². The summed E-state index contributed by atoms with van der Waals surface area (Å²) in [6, 6.07) is -0.545. The van der Waals surface area contributed by atoms with Crippen molar-refractivity contribution < 1.29 is 15.0 Å². The van der Waals surface area contributed by atoms with Gasteiger partial charge < -0.3 is 15.5 Å². The van der Waals surface area contributed by atoms with Crippen molar-refractivity contribution in [3.05, 3.63) is 12.2 Å². The quantitative estimate of drug-likeness (QED) is 0.0481. The Morgan fingerprint density at radius 3 is 1.25 bits per heavy atom. The van der Waals surface area contributed by atoms with E-state index in [4.69, 9.17) is 0 Å². The molecule has 0 spiro atoms. The molecule has 0 aromatic rings. The van der Waals surface area contributed by atoms with Gasteiger partial charge in [0.25, 0.3) is 0 Å². The van der Waals surface area contributed by atoms with Gasteiger partial charge in [0.2, 0.25) is 5.91 Å². The van der Waals surface area contributed by atoms with E-state index in [0.717, 1.165) is 38.5 Å². The van der Waals surface area contributed by atoms with Crippen LogP contribution in [0.15, 0.2) is 12.2 Å². The molecule has 0 saturated carbocycles. The van der Waals surface area contributed by atoms with Crippen LogP contribution in [-0.2, 0) is 4.79 Å². The van der Waals surface area contributed by atoms with Crippen LogP contribution >= 0.6 is 0 Å². The molecule has 0 aliphatic rings. The first-order chi connectivity index (χ1) is 21.7. The molecule has 0 aliphatic carbocycles. The zero-order chi connectivity index (χ0) is 32.2. The second-order valence-corrected chi connectivity index (χ2v) is 13.7. The van der Waals surface area contributed by atoms with Gasteiger partial charge in [-0.25, -0.2) is 0 Å². The fourth-order valence-electron chi connectivity index (χ4n) is 6.18. The lowest BCUT2D eigenvalue weighted by Crippen LogP contribution is -2.45. The summed E-state index contributed by atoms with van der Waals surface area (Å²) in [7, 11) is 0. The number of nitrogens with one attached hydrogen (secondary N) is 1. The maximum atomic E-state index is 12.3. The van der Waals surface area contributed by atoms with Gasteiger partial charge in [0, 0.05) is 6.42 Å². The standard InChI is InChI=1S/C40H79NO3/c1-3-5-7-9-11-13-14-15-16-17-18-19-20-21-22-23-24-25-26-28-30-32-34-36-40(44)41-38(37-42)39(43)35-33-31-29-27-12-10-8-6-4-2/h12,27,38-39,42-43H,3-11,13-26,28-37H2,1-2H3,(H,41,44)/b27-12+/t38-,39+/m0/s1. The van der Waals surface area contributed by atoms with E-state index in [-0.39, 0.29) is 12.5 Å². The highest BCUT2D eigenvalue weighted by Crippen LogP contribution is 2.16. The van der Waals surface area contributed by atoms with Crippen LogP contribution in [0.1, 0.15) is 219 Å². The molecule has 4 heteroatoms. The topological polar surface area (TPSA) is 69.6 Å². The van der Waals surface area contributed by atoms with Crippen molar-refractivity contribution in [3.63, 3.8) is 0 Å². The molecule has 0 rings (SSSR count). The van der Waals surface area contributed by atoms with Crippen molar-refractivity contribution in [2.24, 2.45) is 0 Å². The van der Waals surface area contributed by atoms with E-state index in [2.05, 4.69) is 31.3 Å². The van der Waals surface area contributed by atoms with E-state index < -0.39 is 12.1 Å². The Hall–Kier alpha value is -0.870. The average Bonchev–Trinajstić information content (AvgIpc) is 3.03. The van der Waals surface area contributed by atoms with Gasteiger partial charge in [-0.2, -0.15) is 0 Å². The number of carbonyl (C=O) groups is 1.